The van der Waals surface area contributed by atoms with E-state index >= 15 is 0 Å². The number of nitrogens with zero attached hydrogens (tertiary/aromatic N) is 1. The van der Waals surface area contributed by atoms with E-state index in [4.69, 9.17) is 50.1 Å². The van der Waals surface area contributed by atoms with Crippen molar-refractivity contribution in [2.24, 2.45) is 35.5 Å². The van der Waals surface area contributed by atoms with Crippen molar-refractivity contribution >= 4 is 40.1 Å². The number of ether oxygens (including phenoxy) is 8. The Morgan fingerprint density at radius 3 is 2.36 bits per heavy atom. The Morgan fingerprint density at radius 2 is 1.69 bits per heavy atom. The molecule has 310 valence electrons. The molecule has 0 aromatic rings. The molecule has 3 saturated heterocycles. The van der Waals surface area contributed by atoms with Crippen LogP contribution < -0.4 is 0 Å². The van der Waals surface area contributed by atoms with Gasteiger partial charge in [-0.1, -0.05) is 43.8 Å². The van der Waals surface area contributed by atoms with Gasteiger partial charge < -0.3 is 42.8 Å². The lowest BCUT2D eigenvalue weighted by molar-refractivity contribution is -0.308. The second-order valence-electron chi connectivity index (χ2n) is 16.8. The SMILES string of the molecule is CC[C@@H]1CCC[C@H](O[C@H]2CC[C@H](N(C)C)[C@@H](C)O2)[C@H](C)C(=O)C2=C[C@@H]3[C@@H](C=C[C@@H]4C[C@@H](O[C@@H]5O[C@@H](C)[C@H](OC)[C@@H](OC(=S)SC)[C@H]5OC)C[C@@H]34)[C@@H]2CC(=O)O1. The van der Waals surface area contributed by atoms with Crippen LogP contribution in [0.1, 0.15) is 85.5 Å². The van der Waals surface area contributed by atoms with Crippen molar-refractivity contribution in [3.05, 3.63) is 23.8 Å². The van der Waals surface area contributed by atoms with Crippen LogP contribution in [0.25, 0.3) is 0 Å². The third-order valence-electron chi connectivity index (χ3n) is 13.4. The molecule has 0 bridgehead atoms. The Balaban J connectivity index is 1.20. The summed E-state index contributed by atoms with van der Waals surface area (Å²) in [4.78, 5) is 30.5. The number of allylic oxidation sites excluding steroid dienone is 4. The maximum atomic E-state index is 14.7. The van der Waals surface area contributed by atoms with Crippen LogP contribution in [0, 0.1) is 35.5 Å². The molecule has 0 radical (unpaired) electrons. The predicted molar refractivity (Wildman–Crippen MR) is 214 cm³/mol. The Morgan fingerprint density at radius 1 is 0.927 bits per heavy atom. The van der Waals surface area contributed by atoms with Crippen molar-refractivity contribution in [3.63, 3.8) is 0 Å². The van der Waals surface area contributed by atoms with Gasteiger partial charge in [-0.2, -0.15) is 0 Å². The lowest BCUT2D eigenvalue weighted by Gasteiger charge is -2.44. The molecule has 55 heavy (non-hydrogen) atoms. The van der Waals surface area contributed by atoms with Gasteiger partial charge in [0.1, 0.15) is 18.3 Å². The number of ketones is 1. The Hall–Kier alpha value is -1.42. The van der Waals surface area contributed by atoms with Crippen molar-refractivity contribution in [1.82, 2.24) is 4.90 Å². The first-order chi connectivity index (χ1) is 26.4. The molecule has 17 atom stereocenters. The highest BCUT2D eigenvalue weighted by Gasteiger charge is 2.53. The number of thiocarbonyl (C=S) groups is 1. The van der Waals surface area contributed by atoms with Crippen molar-refractivity contribution in [1.29, 1.82) is 0 Å². The van der Waals surface area contributed by atoms with Gasteiger partial charge in [-0.15, -0.1) is 0 Å². The number of cyclic esters (lactones) is 1. The number of fused-ring (bicyclic) bond motifs is 5. The van der Waals surface area contributed by atoms with Crippen LogP contribution in [0.3, 0.4) is 0 Å². The topological polar surface area (TPSA) is 111 Å². The van der Waals surface area contributed by atoms with Gasteiger partial charge in [0.25, 0.3) is 0 Å². The largest absolute Gasteiger partial charge is 0.469 e. The Bertz CT molecular complexity index is 1410. The third-order valence-corrected chi connectivity index (χ3v) is 14.4. The molecule has 0 aromatic heterocycles. The minimum Gasteiger partial charge on any atom is -0.469 e. The molecule has 3 aliphatic carbocycles. The quantitative estimate of drug-likeness (QED) is 0.144. The molecule has 1 saturated carbocycles. The molecule has 11 nitrogen and oxygen atoms in total. The molecular weight excluding hydrogens is 743 g/mol. The lowest BCUT2D eigenvalue weighted by atomic mass is 9.70. The average Bonchev–Trinajstić information content (AvgIpc) is 3.73. The van der Waals surface area contributed by atoms with Crippen LogP contribution in [0.5, 0.6) is 0 Å². The predicted octanol–water partition coefficient (Wildman–Crippen LogP) is 6.51. The highest BCUT2D eigenvalue weighted by atomic mass is 32.2. The van der Waals surface area contributed by atoms with Crippen LogP contribution in [0.4, 0.5) is 0 Å². The van der Waals surface area contributed by atoms with E-state index in [1.807, 2.05) is 20.1 Å². The van der Waals surface area contributed by atoms with Gasteiger partial charge in [0.15, 0.2) is 24.5 Å². The molecule has 0 amide bonds. The fourth-order valence-electron chi connectivity index (χ4n) is 10.4. The summed E-state index contributed by atoms with van der Waals surface area (Å²) in [6, 6.07) is 0.332. The van der Waals surface area contributed by atoms with Crippen molar-refractivity contribution in [2.45, 2.75) is 153 Å². The summed E-state index contributed by atoms with van der Waals surface area (Å²) < 4.78 is 50.6. The van der Waals surface area contributed by atoms with Crippen LogP contribution in [0.2, 0.25) is 0 Å². The molecule has 0 N–H and O–H groups in total. The van der Waals surface area contributed by atoms with Gasteiger partial charge in [0, 0.05) is 32.1 Å². The van der Waals surface area contributed by atoms with E-state index < -0.39 is 18.5 Å². The zero-order valence-electron chi connectivity index (χ0n) is 34.3. The number of hydrogen-bond donors (Lipinski definition) is 0. The zero-order chi connectivity index (χ0) is 39.6. The Labute approximate surface area is 338 Å². The van der Waals surface area contributed by atoms with E-state index in [-0.39, 0.29) is 96.6 Å². The number of hydrogen-bond acceptors (Lipinski definition) is 13. The molecule has 13 heteroatoms. The molecule has 0 spiro atoms. The molecule has 3 aliphatic heterocycles. The highest BCUT2D eigenvalue weighted by Crippen LogP contribution is 2.54. The van der Waals surface area contributed by atoms with E-state index in [2.05, 4.69) is 51.1 Å². The number of methoxy groups -OCH3 is 2. The lowest BCUT2D eigenvalue weighted by Crippen LogP contribution is -2.60. The second-order valence-corrected chi connectivity index (χ2v) is 18.2. The van der Waals surface area contributed by atoms with Crippen molar-refractivity contribution < 1.29 is 47.5 Å². The molecule has 4 fully saturated rings. The Kier molecular flexibility index (Phi) is 15.0. The molecule has 6 aliphatic rings. The standard InChI is InChI=1S/C42H65NO10S2/c1-10-26-12-11-13-34(52-36-17-16-33(43(5)6)23(3)48-36)22(2)37(45)32-20-30-28(31(32)21-35(44)50-26)15-14-25-18-27(19-29(25)30)51-41-40(47-8)39(53-42(54)55-9)38(46-7)24(4)49-41/h14-15,20,22-31,33-34,36,38-41H,10-13,16-19,21H2,1-9H3/t22-,23+,24-,25+,26+,27+,28+,29+,30+,31-,33-,34-,36-,38-,39+,40+,41-/m0/s1. The van der Waals surface area contributed by atoms with Gasteiger partial charge in [0.05, 0.1) is 30.8 Å². The molecule has 3 heterocycles. The maximum Gasteiger partial charge on any atom is 0.306 e. The zero-order valence-corrected chi connectivity index (χ0v) is 35.9. The van der Waals surface area contributed by atoms with E-state index in [0.29, 0.717) is 16.8 Å². The number of Topliss-reactive ketones (excluding diaryl/α,β-unsaturated/α-hetero) is 1. The minimum atomic E-state index is -0.673. The number of rotatable bonds is 9. The monoisotopic (exact) mass is 807 g/mol. The van der Waals surface area contributed by atoms with Gasteiger partial charge in [0.2, 0.25) is 4.38 Å². The number of likely N-dealkylation sites (N-methyl/N-ethyl adjacent to an activating group) is 1. The highest BCUT2D eigenvalue weighted by molar-refractivity contribution is 8.22. The van der Waals surface area contributed by atoms with Crippen LogP contribution in [-0.2, 0) is 47.5 Å². The van der Waals surface area contributed by atoms with Crippen LogP contribution >= 0.6 is 24.0 Å². The smallest absolute Gasteiger partial charge is 0.306 e. The van der Waals surface area contributed by atoms with E-state index in [1.165, 1.54) is 11.8 Å². The fourth-order valence-corrected chi connectivity index (χ4v) is 10.7. The van der Waals surface area contributed by atoms with Gasteiger partial charge in [-0.05, 0) is 127 Å². The van der Waals surface area contributed by atoms with Gasteiger partial charge >= 0.3 is 5.97 Å². The summed E-state index contributed by atoms with van der Waals surface area (Å²) in [6.45, 7) is 8.13. The van der Waals surface area contributed by atoms with E-state index in [0.717, 1.165) is 50.5 Å². The van der Waals surface area contributed by atoms with E-state index in [9.17, 15) is 9.59 Å². The van der Waals surface area contributed by atoms with Gasteiger partial charge in [-0.25, -0.2) is 0 Å². The molecular formula is C42H65NO10S2. The van der Waals surface area contributed by atoms with Gasteiger partial charge in [-0.3, -0.25) is 9.59 Å². The van der Waals surface area contributed by atoms with Crippen LogP contribution in [-0.4, -0.2) is 123 Å². The first-order valence-corrected chi connectivity index (χ1v) is 22.2. The second kappa shape index (κ2) is 19.1. The first kappa shape index (κ1) is 43.2. The number of carbonyl (C=O) groups is 2. The third kappa shape index (κ3) is 9.57. The number of esters is 1. The molecule has 0 aromatic carbocycles. The van der Waals surface area contributed by atoms with Crippen LogP contribution in [0.15, 0.2) is 23.8 Å². The van der Waals surface area contributed by atoms with Crippen molar-refractivity contribution in [2.75, 3.05) is 34.6 Å². The maximum absolute atomic E-state index is 14.7. The summed E-state index contributed by atoms with van der Waals surface area (Å²) in [7, 11) is 7.44. The number of thioether (sulfide) groups is 1. The average molecular weight is 808 g/mol. The summed E-state index contributed by atoms with van der Waals surface area (Å²) in [6.07, 6.45) is 11.9. The molecule has 6 rings (SSSR count). The first-order valence-electron chi connectivity index (χ1n) is 20.6. The van der Waals surface area contributed by atoms with E-state index in [1.54, 1.807) is 14.2 Å². The fraction of sp³-hybridized carbons (Fsp3) is 0.833. The summed E-state index contributed by atoms with van der Waals surface area (Å²) in [5.41, 5.74) is 0.751. The normalized spacial score (nSPS) is 43.7. The molecule has 0 unspecified atom stereocenters. The minimum absolute atomic E-state index is 0.0250. The summed E-state index contributed by atoms with van der Waals surface area (Å²) >= 11 is 6.78. The van der Waals surface area contributed by atoms with Crippen molar-refractivity contribution in [3.8, 4) is 0 Å². The summed E-state index contributed by atoms with van der Waals surface area (Å²) in [5, 5.41) is 0. The number of carbonyl (C=O) groups excluding carboxylic acids is 2. The summed E-state index contributed by atoms with van der Waals surface area (Å²) in [5.74, 6) is -0.136.